The van der Waals surface area contributed by atoms with Gasteiger partial charge < -0.3 is 5.32 Å². The highest BCUT2D eigenvalue weighted by molar-refractivity contribution is 7.93. The molecule has 4 aromatic carbocycles. The number of anilines is 3. The van der Waals surface area contributed by atoms with Gasteiger partial charge in [0.05, 0.1) is 31.2 Å². The smallest absolute Gasteiger partial charge is 0.264 e. The molecule has 0 aliphatic carbocycles. The molecule has 41 heavy (non-hydrogen) atoms. The highest BCUT2D eigenvalue weighted by Crippen LogP contribution is 2.32. The van der Waals surface area contributed by atoms with Gasteiger partial charge in [-0.05, 0) is 80.1 Å². The molecule has 0 fully saturated rings. The molecule has 0 aliphatic rings. The maximum absolute atomic E-state index is 13.7. The van der Waals surface area contributed by atoms with Gasteiger partial charge in [0.1, 0.15) is 6.54 Å². The molecule has 0 bridgehead atoms. The first-order valence-electron chi connectivity index (χ1n) is 12.0. The second-order valence-corrected chi connectivity index (χ2v) is 13.7. The van der Waals surface area contributed by atoms with Crippen molar-refractivity contribution >= 4 is 77.8 Å². The predicted octanol–water partition coefficient (Wildman–Crippen LogP) is 6.90. The van der Waals surface area contributed by atoms with E-state index in [1.165, 1.54) is 48.5 Å². The van der Waals surface area contributed by atoms with Gasteiger partial charge in [0.2, 0.25) is 5.91 Å². The summed E-state index contributed by atoms with van der Waals surface area (Å²) in [5.74, 6) is -0.653. The minimum absolute atomic E-state index is 0.0112. The van der Waals surface area contributed by atoms with Crippen molar-refractivity contribution in [2.45, 2.75) is 23.6 Å². The molecule has 2 N–H and O–H groups in total. The van der Waals surface area contributed by atoms with Crippen molar-refractivity contribution in [1.82, 2.24) is 0 Å². The van der Waals surface area contributed by atoms with Crippen LogP contribution < -0.4 is 14.3 Å². The van der Waals surface area contributed by atoms with Crippen LogP contribution in [-0.4, -0.2) is 29.3 Å². The number of carbonyl (C=O) groups is 1. The number of nitrogens with one attached hydrogen (secondary N) is 2. The van der Waals surface area contributed by atoms with Crippen LogP contribution in [0.2, 0.25) is 15.1 Å². The van der Waals surface area contributed by atoms with Gasteiger partial charge in [-0.1, -0.05) is 64.6 Å². The van der Waals surface area contributed by atoms with Crippen molar-refractivity contribution in [3.63, 3.8) is 0 Å². The van der Waals surface area contributed by atoms with Gasteiger partial charge in [-0.25, -0.2) is 16.8 Å². The summed E-state index contributed by atoms with van der Waals surface area (Å²) < 4.78 is 56.4. The lowest BCUT2D eigenvalue weighted by Crippen LogP contribution is -2.38. The monoisotopic (exact) mass is 651 g/mol. The topological polar surface area (TPSA) is 113 Å². The van der Waals surface area contributed by atoms with E-state index in [1.54, 1.807) is 43.3 Å². The lowest BCUT2D eigenvalue weighted by Gasteiger charge is -2.26. The summed E-state index contributed by atoms with van der Waals surface area (Å²) in [7, 11) is -8.17. The Balaban J connectivity index is 1.57. The van der Waals surface area contributed by atoms with Gasteiger partial charge in [0.15, 0.2) is 0 Å². The number of hydrogen-bond acceptors (Lipinski definition) is 5. The third-order valence-corrected chi connectivity index (χ3v) is 10.4. The number of benzene rings is 4. The van der Waals surface area contributed by atoms with Crippen LogP contribution in [0.1, 0.15) is 11.1 Å². The van der Waals surface area contributed by atoms with Gasteiger partial charge in [-0.2, -0.15) is 0 Å². The summed E-state index contributed by atoms with van der Waals surface area (Å²) in [4.78, 5) is 13.0. The number of hydrogen-bond donors (Lipinski definition) is 2. The summed E-state index contributed by atoms with van der Waals surface area (Å²) in [5, 5.41) is 3.21. The molecule has 4 aromatic rings. The van der Waals surface area contributed by atoms with E-state index in [4.69, 9.17) is 34.8 Å². The minimum Gasteiger partial charge on any atom is -0.325 e. The zero-order chi connectivity index (χ0) is 29.9. The second kappa shape index (κ2) is 12.3. The molecule has 0 spiro atoms. The Morgan fingerprint density at radius 1 is 0.756 bits per heavy atom. The molecule has 8 nitrogen and oxygen atoms in total. The van der Waals surface area contributed by atoms with Crippen LogP contribution >= 0.6 is 34.8 Å². The van der Waals surface area contributed by atoms with E-state index in [-0.39, 0.29) is 36.9 Å². The first-order valence-corrected chi connectivity index (χ1v) is 16.1. The number of carbonyl (C=O) groups excluding carboxylic acids is 1. The summed E-state index contributed by atoms with van der Waals surface area (Å²) in [5.41, 5.74) is 1.98. The molecule has 0 saturated carbocycles. The van der Waals surface area contributed by atoms with Crippen molar-refractivity contribution < 1.29 is 21.6 Å². The zero-order valence-electron chi connectivity index (χ0n) is 21.7. The Kier molecular flexibility index (Phi) is 9.20. The largest absolute Gasteiger partial charge is 0.325 e. The van der Waals surface area contributed by atoms with Crippen LogP contribution in [0.4, 0.5) is 17.1 Å². The molecular weight excluding hydrogens is 629 g/mol. The molecule has 0 heterocycles. The zero-order valence-corrected chi connectivity index (χ0v) is 25.6. The van der Waals surface area contributed by atoms with Crippen molar-refractivity contribution in [2.24, 2.45) is 0 Å². The normalized spacial score (nSPS) is 11.6. The molecule has 0 radical (unpaired) electrons. The van der Waals surface area contributed by atoms with E-state index in [0.717, 1.165) is 9.87 Å². The Morgan fingerprint density at radius 2 is 1.34 bits per heavy atom. The third-order valence-electron chi connectivity index (χ3n) is 6.05. The van der Waals surface area contributed by atoms with E-state index >= 15 is 0 Å². The summed E-state index contributed by atoms with van der Waals surface area (Å²) in [6, 6.07) is 21.0. The number of amides is 1. The Morgan fingerprint density at radius 3 is 2.00 bits per heavy atom. The van der Waals surface area contributed by atoms with Crippen LogP contribution in [0.5, 0.6) is 0 Å². The van der Waals surface area contributed by atoms with E-state index in [9.17, 15) is 21.6 Å². The minimum atomic E-state index is -4.15. The van der Waals surface area contributed by atoms with E-state index < -0.39 is 32.5 Å². The van der Waals surface area contributed by atoms with Crippen LogP contribution in [0, 0.1) is 13.8 Å². The number of rotatable bonds is 9. The maximum atomic E-state index is 13.7. The summed E-state index contributed by atoms with van der Waals surface area (Å²) >= 11 is 18.3. The predicted molar refractivity (Wildman–Crippen MR) is 164 cm³/mol. The Bertz CT molecular complexity index is 1810. The number of halogens is 3. The molecule has 13 heteroatoms. The maximum Gasteiger partial charge on any atom is 0.264 e. The number of nitrogens with zero attached hydrogens (tertiary/aromatic N) is 1. The van der Waals surface area contributed by atoms with Crippen molar-refractivity contribution in [3.05, 3.63) is 111 Å². The highest BCUT2D eigenvalue weighted by Gasteiger charge is 2.29. The molecule has 0 aromatic heterocycles. The first kappa shape index (κ1) is 30.7. The Hall–Kier alpha value is -3.28. The molecule has 0 saturated heterocycles. The molecule has 4 rings (SSSR count). The van der Waals surface area contributed by atoms with Crippen LogP contribution in [0.3, 0.4) is 0 Å². The highest BCUT2D eigenvalue weighted by atomic mass is 35.5. The quantitative estimate of drug-likeness (QED) is 0.204. The molecule has 0 atom stereocenters. The fourth-order valence-electron chi connectivity index (χ4n) is 3.84. The molecule has 0 unspecified atom stereocenters. The molecule has 1 amide bonds. The fourth-order valence-corrected chi connectivity index (χ4v) is 6.96. The average Bonchev–Trinajstić information content (AvgIpc) is 2.92. The van der Waals surface area contributed by atoms with Crippen LogP contribution in [0.15, 0.2) is 94.7 Å². The van der Waals surface area contributed by atoms with Gasteiger partial charge >= 0.3 is 0 Å². The first-order chi connectivity index (χ1) is 19.3. The lowest BCUT2D eigenvalue weighted by molar-refractivity contribution is -0.114. The fraction of sp³-hybridized carbons (Fsp3) is 0.107. The Labute approximate surface area is 254 Å². The molecule has 214 valence electrons. The lowest BCUT2D eigenvalue weighted by atomic mass is 10.2. The second-order valence-electron chi connectivity index (χ2n) is 8.99. The van der Waals surface area contributed by atoms with E-state index in [1.807, 2.05) is 6.92 Å². The third kappa shape index (κ3) is 6.97. The summed E-state index contributed by atoms with van der Waals surface area (Å²) in [6.45, 7) is 2.94. The van der Waals surface area contributed by atoms with Gasteiger partial charge in [0, 0.05) is 10.7 Å². The summed E-state index contributed by atoms with van der Waals surface area (Å²) in [6.07, 6.45) is 0. The molecular formula is C28H24Cl3N3O5S2. The van der Waals surface area contributed by atoms with E-state index in [2.05, 4.69) is 10.0 Å². The van der Waals surface area contributed by atoms with Gasteiger partial charge in [-0.3, -0.25) is 13.8 Å². The van der Waals surface area contributed by atoms with Crippen LogP contribution in [-0.2, 0) is 24.8 Å². The van der Waals surface area contributed by atoms with Crippen molar-refractivity contribution in [3.8, 4) is 0 Å². The number of sulfonamides is 2. The molecule has 0 aliphatic heterocycles. The van der Waals surface area contributed by atoms with E-state index in [0.29, 0.717) is 10.6 Å². The van der Waals surface area contributed by atoms with Gasteiger partial charge in [0.25, 0.3) is 20.0 Å². The van der Waals surface area contributed by atoms with Crippen molar-refractivity contribution in [1.29, 1.82) is 0 Å². The standard InChI is InChI=1S/C28H24Cl3N3O5S2/c1-18-9-13-22(14-10-18)41(38,39)34(26-8-4-5-23(29)19(26)2)17-27(35)32-20-11-15-21(16-12-20)40(36,37)33-25-7-3-6-24(30)28(25)31/h3-16,33H,17H2,1-2H3,(H,32,35). The number of aryl methyl sites for hydroxylation is 1. The van der Waals surface area contributed by atoms with Gasteiger partial charge in [-0.15, -0.1) is 0 Å². The SMILES string of the molecule is Cc1ccc(S(=O)(=O)N(CC(=O)Nc2ccc(S(=O)(=O)Nc3cccc(Cl)c3Cl)cc2)c2cccc(Cl)c2C)cc1. The van der Waals surface area contributed by atoms with Crippen LogP contribution in [0.25, 0.3) is 0 Å². The average molecular weight is 653 g/mol. The van der Waals surface area contributed by atoms with Crippen molar-refractivity contribution in [2.75, 3.05) is 20.9 Å².